The molecule has 0 amide bonds. The van der Waals surface area contributed by atoms with Crippen molar-refractivity contribution >= 4 is 16.9 Å². The highest BCUT2D eigenvalue weighted by atomic mass is 16.4. The van der Waals surface area contributed by atoms with Gasteiger partial charge < -0.3 is 21.1 Å². The first-order valence-electron chi connectivity index (χ1n) is 6.34. The fourth-order valence-corrected chi connectivity index (χ4v) is 2.42. The monoisotopic (exact) mass is 261 g/mol. The Labute approximate surface area is 111 Å². The number of rotatable bonds is 5. The SMILES string of the molecule is Cc1cc2c(cc1C(=O)O)c(CCN)cn2CCN. The van der Waals surface area contributed by atoms with Crippen molar-refractivity contribution in [3.63, 3.8) is 0 Å². The normalized spacial score (nSPS) is 11.1. The van der Waals surface area contributed by atoms with E-state index in [9.17, 15) is 9.90 Å². The van der Waals surface area contributed by atoms with E-state index < -0.39 is 5.97 Å². The number of hydrogen-bond donors (Lipinski definition) is 3. The molecular weight excluding hydrogens is 242 g/mol. The molecule has 0 fully saturated rings. The lowest BCUT2D eigenvalue weighted by atomic mass is 10.0. The minimum Gasteiger partial charge on any atom is -0.478 e. The Balaban J connectivity index is 2.68. The number of carboxylic acid groups (broad SMARTS) is 1. The van der Waals surface area contributed by atoms with Crippen LogP contribution in [0.5, 0.6) is 0 Å². The summed E-state index contributed by atoms with van der Waals surface area (Å²) in [5.74, 6) is -0.898. The second-order valence-corrected chi connectivity index (χ2v) is 4.66. The highest BCUT2D eigenvalue weighted by Crippen LogP contribution is 2.25. The molecule has 2 rings (SSSR count). The van der Waals surface area contributed by atoms with E-state index in [0.29, 0.717) is 25.2 Å². The minimum atomic E-state index is -0.898. The van der Waals surface area contributed by atoms with Gasteiger partial charge >= 0.3 is 5.97 Å². The van der Waals surface area contributed by atoms with Gasteiger partial charge in [0.25, 0.3) is 0 Å². The van der Waals surface area contributed by atoms with Crippen molar-refractivity contribution in [2.45, 2.75) is 19.9 Å². The predicted octanol–water partition coefficient (Wildman–Crippen LogP) is 1.11. The molecular formula is C14H19N3O2. The van der Waals surface area contributed by atoms with Crippen molar-refractivity contribution in [2.75, 3.05) is 13.1 Å². The van der Waals surface area contributed by atoms with Gasteiger partial charge in [-0.1, -0.05) is 0 Å². The average Bonchev–Trinajstić information content (AvgIpc) is 2.67. The second kappa shape index (κ2) is 5.42. The summed E-state index contributed by atoms with van der Waals surface area (Å²) in [7, 11) is 0. The van der Waals surface area contributed by atoms with Crippen molar-refractivity contribution in [3.05, 3.63) is 35.0 Å². The lowest BCUT2D eigenvalue weighted by Gasteiger charge is -2.06. The third-order valence-corrected chi connectivity index (χ3v) is 3.32. The van der Waals surface area contributed by atoms with Crippen LogP contribution in [-0.4, -0.2) is 28.7 Å². The number of aromatic nitrogens is 1. The highest BCUT2D eigenvalue weighted by molar-refractivity contribution is 5.96. The summed E-state index contributed by atoms with van der Waals surface area (Å²) in [6.07, 6.45) is 2.76. The number of aromatic carboxylic acids is 1. The number of nitrogens with zero attached hydrogens (tertiary/aromatic N) is 1. The van der Waals surface area contributed by atoms with Crippen LogP contribution in [0, 0.1) is 6.92 Å². The Morgan fingerprint density at radius 3 is 2.63 bits per heavy atom. The molecule has 0 aliphatic rings. The molecule has 0 aliphatic heterocycles. The first-order chi connectivity index (χ1) is 9.08. The molecule has 5 N–H and O–H groups in total. The molecule has 1 aromatic heterocycles. The Morgan fingerprint density at radius 1 is 1.32 bits per heavy atom. The molecule has 1 heterocycles. The first-order valence-corrected chi connectivity index (χ1v) is 6.34. The molecule has 19 heavy (non-hydrogen) atoms. The zero-order valence-corrected chi connectivity index (χ0v) is 11.0. The van der Waals surface area contributed by atoms with Crippen molar-refractivity contribution in [1.82, 2.24) is 4.57 Å². The number of nitrogens with two attached hydrogens (primary N) is 2. The molecule has 0 unspecified atom stereocenters. The van der Waals surface area contributed by atoms with Gasteiger partial charge in [0.1, 0.15) is 0 Å². The Bertz CT molecular complexity index is 617. The van der Waals surface area contributed by atoms with Gasteiger partial charge in [-0.05, 0) is 43.1 Å². The van der Waals surface area contributed by atoms with E-state index in [2.05, 4.69) is 4.57 Å². The van der Waals surface area contributed by atoms with Gasteiger partial charge in [0.05, 0.1) is 5.56 Å². The molecule has 0 saturated heterocycles. The van der Waals surface area contributed by atoms with E-state index in [1.165, 1.54) is 0 Å². The van der Waals surface area contributed by atoms with Gasteiger partial charge in [0.15, 0.2) is 0 Å². The van der Waals surface area contributed by atoms with Crippen molar-refractivity contribution < 1.29 is 9.90 Å². The number of benzene rings is 1. The van der Waals surface area contributed by atoms with E-state index in [0.717, 1.165) is 28.5 Å². The van der Waals surface area contributed by atoms with Crippen molar-refractivity contribution in [1.29, 1.82) is 0 Å². The molecule has 0 atom stereocenters. The zero-order valence-electron chi connectivity index (χ0n) is 11.0. The smallest absolute Gasteiger partial charge is 0.335 e. The molecule has 5 heteroatoms. The minimum absolute atomic E-state index is 0.344. The molecule has 2 aromatic rings. The third kappa shape index (κ3) is 2.47. The average molecular weight is 261 g/mol. The number of carbonyl (C=O) groups is 1. The van der Waals surface area contributed by atoms with Gasteiger partial charge in [0.2, 0.25) is 0 Å². The van der Waals surface area contributed by atoms with Gasteiger partial charge in [0, 0.05) is 30.2 Å². The maximum atomic E-state index is 11.2. The quantitative estimate of drug-likeness (QED) is 0.751. The van der Waals surface area contributed by atoms with Crippen molar-refractivity contribution in [3.8, 4) is 0 Å². The molecule has 102 valence electrons. The Hall–Kier alpha value is -1.85. The molecule has 1 aromatic carbocycles. The van der Waals surface area contributed by atoms with Crippen LogP contribution in [0.2, 0.25) is 0 Å². The van der Waals surface area contributed by atoms with Gasteiger partial charge in [-0.25, -0.2) is 4.79 Å². The van der Waals surface area contributed by atoms with Crippen LogP contribution in [0.4, 0.5) is 0 Å². The van der Waals surface area contributed by atoms with E-state index in [-0.39, 0.29) is 0 Å². The Morgan fingerprint density at radius 2 is 2.05 bits per heavy atom. The number of aryl methyl sites for hydroxylation is 1. The number of hydrogen-bond acceptors (Lipinski definition) is 3. The number of carboxylic acids is 1. The van der Waals surface area contributed by atoms with Crippen LogP contribution in [0.1, 0.15) is 21.5 Å². The van der Waals surface area contributed by atoms with Gasteiger partial charge in [-0.2, -0.15) is 0 Å². The summed E-state index contributed by atoms with van der Waals surface area (Å²) >= 11 is 0. The molecule has 0 bridgehead atoms. The maximum absolute atomic E-state index is 11.2. The molecule has 0 radical (unpaired) electrons. The summed E-state index contributed by atoms with van der Waals surface area (Å²) in [5, 5.41) is 10.2. The van der Waals surface area contributed by atoms with Crippen LogP contribution < -0.4 is 11.5 Å². The summed E-state index contributed by atoms with van der Waals surface area (Å²) in [6, 6.07) is 3.65. The van der Waals surface area contributed by atoms with Gasteiger partial charge in [-0.3, -0.25) is 0 Å². The van der Waals surface area contributed by atoms with Gasteiger partial charge in [-0.15, -0.1) is 0 Å². The fraction of sp³-hybridized carbons (Fsp3) is 0.357. The van der Waals surface area contributed by atoms with Crippen LogP contribution in [0.25, 0.3) is 10.9 Å². The summed E-state index contributed by atoms with van der Waals surface area (Å²) < 4.78 is 2.07. The highest BCUT2D eigenvalue weighted by Gasteiger charge is 2.14. The fourth-order valence-electron chi connectivity index (χ4n) is 2.42. The van der Waals surface area contributed by atoms with E-state index in [1.54, 1.807) is 6.07 Å². The van der Waals surface area contributed by atoms with E-state index in [4.69, 9.17) is 11.5 Å². The lowest BCUT2D eigenvalue weighted by molar-refractivity contribution is 0.0696. The molecule has 5 nitrogen and oxygen atoms in total. The Kier molecular flexibility index (Phi) is 3.87. The summed E-state index contributed by atoms with van der Waals surface area (Å²) in [6.45, 7) is 3.61. The first kappa shape index (κ1) is 13.6. The molecule has 0 aliphatic carbocycles. The van der Waals surface area contributed by atoms with Crippen LogP contribution in [0.15, 0.2) is 18.3 Å². The second-order valence-electron chi connectivity index (χ2n) is 4.66. The topological polar surface area (TPSA) is 94.3 Å². The lowest BCUT2D eigenvalue weighted by Crippen LogP contribution is -2.09. The number of fused-ring (bicyclic) bond motifs is 1. The third-order valence-electron chi connectivity index (χ3n) is 3.32. The van der Waals surface area contributed by atoms with Crippen LogP contribution in [0.3, 0.4) is 0 Å². The molecule has 0 spiro atoms. The van der Waals surface area contributed by atoms with Crippen molar-refractivity contribution in [2.24, 2.45) is 11.5 Å². The summed E-state index contributed by atoms with van der Waals surface area (Å²) in [4.78, 5) is 11.2. The van der Waals surface area contributed by atoms with Crippen LogP contribution in [-0.2, 0) is 13.0 Å². The molecule has 0 saturated carbocycles. The van der Waals surface area contributed by atoms with E-state index >= 15 is 0 Å². The maximum Gasteiger partial charge on any atom is 0.335 e. The predicted molar refractivity (Wildman–Crippen MR) is 75.4 cm³/mol. The largest absolute Gasteiger partial charge is 0.478 e. The zero-order chi connectivity index (χ0) is 14.0. The summed E-state index contributed by atoms with van der Waals surface area (Å²) in [5.41, 5.74) is 14.4. The van der Waals surface area contributed by atoms with E-state index in [1.807, 2.05) is 19.2 Å². The van der Waals surface area contributed by atoms with Crippen LogP contribution >= 0.6 is 0 Å². The standard InChI is InChI=1S/C14H19N3O2/c1-9-6-13-12(7-11(9)14(18)19)10(2-3-15)8-17(13)5-4-16/h6-8H,2-5,15-16H2,1H3,(H,18,19).